The van der Waals surface area contributed by atoms with Crippen molar-refractivity contribution >= 4 is 22.4 Å². The summed E-state index contributed by atoms with van der Waals surface area (Å²) in [4.78, 5) is 16.0. The number of carbonyl (C=O) groups is 1. The molecule has 0 aliphatic rings. The molecule has 0 amide bonds. The first-order chi connectivity index (χ1) is 9.06. The van der Waals surface area contributed by atoms with Gasteiger partial charge in [-0.15, -0.1) is 11.3 Å². The van der Waals surface area contributed by atoms with Crippen molar-refractivity contribution in [1.29, 1.82) is 0 Å². The van der Waals surface area contributed by atoms with Gasteiger partial charge in [-0.2, -0.15) is 0 Å². The van der Waals surface area contributed by atoms with Crippen LogP contribution in [0.4, 0.5) is 5.13 Å². The van der Waals surface area contributed by atoms with Crippen LogP contribution in [0.5, 0.6) is 0 Å². The predicted octanol–water partition coefficient (Wildman–Crippen LogP) is 3.25. The summed E-state index contributed by atoms with van der Waals surface area (Å²) in [5.74, 6) is -0.851. The lowest BCUT2D eigenvalue weighted by Gasteiger charge is -2.12. The van der Waals surface area contributed by atoms with Crippen molar-refractivity contribution in [3.05, 3.63) is 46.5 Å². The fourth-order valence-electron chi connectivity index (χ4n) is 1.81. The van der Waals surface area contributed by atoms with Gasteiger partial charge in [-0.3, -0.25) is 4.79 Å². The highest BCUT2D eigenvalue weighted by Crippen LogP contribution is 2.26. The zero-order chi connectivity index (χ0) is 13.8. The Labute approximate surface area is 116 Å². The first kappa shape index (κ1) is 13.5. The molecule has 1 atom stereocenters. The topological polar surface area (TPSA) is 62.2 Å². The van der Waals surface area contributed by atoms with Crippen LogP contribution in [0.2, 0.25) is 0 Å². The maximum atomic E-state index is 10.7. The Morgan fingerprint density at radius 3 is 2.74 bits per heavy atom. The number of anilines is 1. The number of hydrogen-bond donors (Lipinski definition) is 2. The number of aryl methyl sites for hydroxylation is 1. The molecule has 1 heterocycles. The number of aromatic nitrogens is 1. The number of nitrogens with zero attached hydrogens (tertiary/aromatic N) is 1. The first-order valence-electron chi connectivity index (χ1n) is 6.06. The van der Waals surface area contributed by atoms with Gasteiger partial charge in [-0.1, -0.05) is 30.3 Å². The van der Waals surface area contributed by atoms with Gasteiger partial charge in [0, 0.05) is 4.88 Å². The van der Waals surface area contributed by atoms with E-state index in [0.29, 0.717) is 5.69 Å². The molecule has 1 aromatic carbocycles. The third-order valence-electron chi connectivity index (χ3n) is 2.85. The number of thiazole rings is 1. The molecule has 5 heteroatoms. The number of aliphatic carboxylic acids is 1. The van der Waals surface area contributed by atoms with Crippen LogP contribution >= 0.6 is 11.3 Å². The second-order valence-corrected chi connectivity index (χ2v) is 5.57. The molecule has 2 N–H and O–H groups in total. The van der Waals surface area contributed by atoms with Gasteiger partial charge < -0.3 is 10.4 Å². The zero-order valence-corrected chi connectivity index (χ0v) is 11.7. The average molecular weight is 276 g/mol. The molecule has 0 aliphatic carbocycles. The predicted molar refractivity (Wildman–Crippen MR) is 76.7 cm³/mol. The Hall–Kier alpha value is -1.88. The zero-order valence-electron chi connectivity index (χ0n) is 10.9. The summed E-state index contributed by atoms with van der Waals surface area (Å²) in [6.07, 6.45) is -0.0241. The summed E-state index contributed by atoms with van der Waals surface area (Å²) in [6, 6.07) is 10.2. The highest BCUT2D eigenvalue weighted by molar-refractivity contribution is 7.15. The van der Waals surface area contributed by atoms with Crippen LogP contribution in [0, 0.1) is 6.92 Å². The minimum atomic E-state index is -0.851. The normalized spacial score (nSPS) is 12.1. The molecule has 0 bridgehead atoms. The summed E-state index contributed by atoms with van der Waals surface area (Å²) < 4.78 is 0. The Morgan fingerprint density at radius 2 is 2.11 bits per heavy atom. The highest BCUT2D eigenvalue weighted by Gasteiger charge is 2.13. The van der Waals surface area contributed by atoms with Crippen molar-refractivity contribution < 1.29 is 9.90 Å². The van der Waals surface area contributed by atoms with Gasteiger partial charge in [0.25, 0.3) is 0 Å². The fraction of sp³-hybridized carbons (Fsp3) is 0.286. The van der Waals surface area contributed by atoms with Crippen molar-refractivity contribution in [3.8, 4) is 0 Å². The van der Waals surface area contributed by atoms with Gasteiger partial charge >= 0.3 is 5.97 Å². The lowest BCUT2D eigenvalue weighted by Crippen LogP contribution is -2.06. The minimum absolute atomic E-state index is 0.0241. The van der Waals surface area contributed by atoms with Crippen LogP contribution in [0.25, 0.3) is 0 Å². The van der Waals surface area contributed by atoms with E-state index >= 15 is 0 Å². The molecule has 2 rings (SSSR count). The van der Waals surface area contributed by atoms with E-state index in [2.05, 4.69) is 29.4 Å². The van der Waals surface area contributed by atoms with Crippen LogP contribution in [0.3, 0.4) is 0 Å². The number of carboxylic acids is 1. The lowest BCUT2D eigenvalue weighted by molar-refractivity contribution is -0.136. The minimum Gasteiger partial charge on any atom is -0.481 e. The van der Waals surface area contributed by atoms with Crippen molar-refractivity contribution in [3.63, 3.8) is 0 Å². The number of rotatable bonds is 5. The number of carboxylic acid groups (broad SMARTS) is 1. The second kappa shape index (κ2) is 5.84. The van der Waals surface area contributed by atoms with Gasteiger partial charge in [0.05, 0.1) is 18.2 Å². The van der Waals surface area contributed by atoms with Crippen molar-refractivity contribution in [1.82, 2.24) is 4.98 Å². The molecule has 4 nitrogen and oxygen atoms in total. The largest absolute Gasteiger partial charge is 0.481 e. The third-order valence-corrected chi connectivity index (χ3v) is 3.80. The maximum Gasteiger partial charge on any atom is 0.309 e. The van der Waals surface area contributed by atoms with Crippen LogP contribution in [0.1, 0.15) is 29.1 Å². The van der Waals surface area contributed by atoms with E-state index in [-0.39, 0.29) is 12.5 Å². The van der Waals surface area contributed by atoms with E-state index in [1.54, 1.807) is 0 Å². The van der Waals surface area contributed by atoms with Gasteiger partial charge in [0.1, 0.15) is 0 Å². The molecule has 0 radical (unpaired) electrons. The van der Waals surface area contributed by atoms with E-state index in [0.717, 1.165) is 10.0 Å². The Bertz CT molecular complexity index is 566. The van der Waals surface area contributed by atoms with E-state index in [4.69, 9.17) is 5.11 Å². The molecule has 0 spiro atoms. The standard InChI is InChI=1S/C14H16N2O2S/c1-9(11-6-4-3-5-7-11)15-14-16-12(8-13(17)18)10(2)19-14/h3-7,9H,8H2,1-2H3,(H,15,16)(H,17,18). The molecule has 100 valence electrons. The molecule has 0 aliphatic heterocycles. The Balaban J connectivity index is 2.09. The first-order valence-corrected chi connectivity index (χ1v) is 6.87. The average Bonchev–Trinajstić information content (AvgIpc) is 2.70. The summed E-state index contributed by atoms with van der Waals surface area (Å²) in [5, 5.41) is 12.9. The van der Waals surface area contributed by atoms with Crippen molar-refractivity contribution in [2.45, 2.75) is 26.3 Å². The Kier molecular flexibility index (Phi) is 4.16. The van der Waals surface area contributed by atoms with Crippen molar-refractivity contribution in [2.24, 2.45) is 0 Å². The summed E-state index contributed by atoms with van der Waals surface area (Å²) in [6.45, 7) is 3.96. The van der Waals surface area contributed by atoms with Crippen LogP contribution < -0.4 is 5.32 Å². The van der Waals surface area contributed by atoms with Crippen molar-refractivity contribution in [2.75, 3.05) is 5.32 Å². The van der Waals surface area contributed by atoms with Crippen LogP contribution in [-0.4, -0.2) is 16.1 Å². The Morgan fingerprint density at radius 1 is 1.42 bits per heavy atom. The van der Waals surface area contributed by atoms with Crippen LogP contribution in [0.15, 0.2) is 30.3 Å². The summed E-state index contributed by atoms with van der Waals surface area (Å²) in [5.41, 5.74) is 1.82. The van der Waals surface area contributed by atoms with Gasteiger partial charge in [-0.05, 0) is 19.4 Å². The van der Waals surface area contributed by atoms with E-state index in [1.165, 1.54) is 16.9 Å². The summed E-state index contributed by atoms with van der Waals surface area (Å²) >= 11 is 1.49. The molecule has 1 aromatic heterocycles. The fourth-order valence-corrected chi connectivity index (χ4v) is 2.72. The number of hydrogen-bond acceptors (Lipinski definition) is 4. The SMILES string of the molecule is Cc1sc(NC(C)c2ccccc2)nc1CC(=O)O. The molecule has 19 heavy (non-hydrogen) atoms. The quantitative estimate of drug-likeness (QED) is 0.880. The molecular weight excluding hydrogens is 260 g/mol. The van der Waals surface area contributed by atoms with Crippen LogP contribution in [-0.2, 0) is 11.2 Å². The molecular formula is C14H16N2O2S. The number of benzene rings is 1. The second-order valence-electron chi connectivity index (χ2n) is 4.37. The van der Waals surface area contributed by atoms with Gasteiger partial charge in [0.2, 0.25) is 0 Å². The monoisotopic (exact) mass is 276 g/mol. The maximum absolute atomic E-state index is 10.7. The highest BCUT2D eigenvalue weighted by atomic mass is 32.1. The third kappa shape index (κ3) is 3.54. The summed E-state index contributed by atoms with van der Waals surface area (Å²) in [7, 11) is 0. The molecule has 1 unspecified atom stereocenters. The van der Waals surface area contributed by atoms with E-state index in [9.17, 15) is 4.79 Å². The molecule has 2 aromatic rings. The van der Waals surface area contributed by atoms with E-state index in [1.807, 2.05) is 25.1 Å². The van der Waals surface area contributed by atoms with E-state index < -0.39 is 5.97 Å². The molecule has 0 saturated carbocycles. The van der Waals surface area contributed by atoms with Gasteiger partial charge in [0.15, 0.2) is 5.13 Å². The molecule has 0 saturated heterocycles. The smallest absolute Gasteiger partial charge is 0.309 e. The number of nitrogens with one attached hydrogen (secondary N) is 1. The molecule has 0 fully saturated rings. The lowest BCUT2D eigenvalue weighted by atomic mass is 10.1. The van der Waals surface area contributed by atoms with Gasteiger partial charge in [-0.25, -0.2) is 4.98 Å².